The number of likely N-dealkylation sites (tertiary alicyclic amines) is 1. The third kappa shape index (κ3) is 7.35. The van der Waals surface area contributed by atoms with Crippen LogP contribution in [0.3, 0.4) is 0 Å². The maximum absolute atomic E-state index is 13.8. The highest BCUT2D eigenvalue weighted by Crippen LogP contribution is 2.32. The molecule has 1 aliphatic rings. The van der Waals surface area contributed by atoms with Crippen molar-refractivity contribution >= 4 is 27.3 Å². The summed E-state index contributed by atoms with van der Waals surface area (Å²) in [6, 6.07) is 4.01. The van der Waals surface area contributed by atoms with Crippen LogP contribution in [-0.4, -0.2) is 36.7 Å². The van der Waals surface area contributed by atoms with Crippen molar-refractivity contribution in [2.75, 3.05) is 37.2 Å². The minimum absolute atomic E-state index is 0.184. The van der Waals surface area contributed by atoms with E-state index < -0.39 is 5.67 Å². The molecule has 0 saturated carbocycles. The highest BCUT2D eigenvalue weighted by Gasteiger charge is 2.24. The van der Waals surface area contributed by atoms with Crippen LogP contribution < -0.4 is 11.1 Å². The summed E-state index contributed by atoms with van der Waals surface area (Å²) in [4.78, 5) is 2.20. The lowest BCUT2D eigenvalue weighted by Crippen LogP contribution is -2.40. The molecular weight excluding hydrogens is 405 g/mol. The van der Waals surface area contributed by atoms with Crippen LogP contribution >= 0.6 is 15.9 Å². The van der Waals surface area contributed by atoms with Crippen LogP contribution in [-0.2, 0) is 0 Å². The Hall–Kier alpha value is -1.25. The molecule has 0 unspecified atom stereocenters. The maximum Gasteiger partial charge on any atom is 0.118 e. The van der Waals surface area contributed by atoms with Crippen molar-refractivity contribution in [3.63, 3.8) is 0 Å². The zero-order chi connectivity index (χ0) is 20.2. The molecule has 0 radical (unpaired) electrons. The summed E-state index contributed by atoms with van der Waals surface area (Å²) < 4.78 is 14.6. The van der Waals surface area contributed by atoms with Crippen molar-refractivity contribution in [2.45, 2.75) is 53.1 Å². The van der Waals surface area contributed by atoms with E-state index in [1.54, 1.807) is 13.8 Å². The van der Waals surface area contributed by atoms with Gasteiger partial charge in [0.1, 0.15) is 5.67 Å². The first-order chi connectivity index (χ1) is 12.4. The molecule has 0 bridgehead atoms. The number of nitrogens with zero attached hydrogens (tertiary/aromatic N) is 1. The Morgan fingerprint density at radius 1 is 1.22 bits per heavy atom. The van der Waals surface area contributed by atoms with Gasteiger partial charge in [-0.1, -0.05) is 32.6 Å². The predicted octanol–water partition coefficient (Wildman–Crippen LogP) is 5.30. The van der Waals surface area contributed by atoms with Crippen LogP contribution in [0.4, 0.5) is 15.8 Å². The zero-order valence-electron chi connectivity index (χ0n) is 17.3. The number of nitrogens with one attached hydrogen (secondary N) is 1. The molecule has 27 heavy (non-hydrogen) atoms. The van der Waals surface area contributed by atoms with Gasteiger partial charge in [-0.05, 0) is 73.3 Å². The van der Waals surface area contributed by atoms with Gasteiger partial charge in [-0.3, -0.25) is 0 Å². The number of rotatable bonds is 4. The second-order valence-corrected chi connectivity index (χ2v) is 10.1. The van der Waals surface area contributed by atoms with Crippen molar-refractivity contribution in [3.05, 3.63) is 22.2 Å². The zero-order valence-corrected chi connectivity index (χ0v) is 18.8. The van der Waals surface area contributed by atoms with Gasteiger partial charge in [0.2, 0.25) is 0 Å². The molecule has 1 aromatic carbocycles. The number of halogens is 2. The van der Waals surface area contributed by atoms with Gasteiger partial charge in [-0.25, -0.2) is 4.39 Å². The smallest absolute Gasteiger partial charge is 0.118 e. The predicted molar refractivity (Wildman–Crippen MR) is 118 cm³/mol. The van der Waals surface area contributed by atoms with Crippen LogP contribution in [0.15, 0.2) is 16.6 Å². The average Bonchev–Trinajstić information content (AvgIpc) is 2.54. The molecule has 3 N–H and O–H groups in total. The van der Waals surface area contributed by atoms with Gasteiger partial charge in [-0.15, -0.1) is 0 Å². The topological polar surface area (TPSA) is 41.3 Å². The lowest BCUT2D eigenvalue weighted by molar-refractivity contribution is 0.103. The fourth-order valence-electron chi connectivity index (χ4n) is 3.15. The summed E-state index contributed by atoms with van der Waals surface area (Å²) in [5.41, 5.74) is 7.88. The monoisotopic (exact) mass is 437 g/mol. The van der Waals surface area contributed by atoms with Crippen molar-refractivity contribution in [2.24, 2.45) is 11.3 Å². The van der Waals surface area contributed by atoms with Gasteiger partial charge in [0.15, 0.2) is 0 Å². The first-order valence-corrected chi connectivity index (χ1v) is 10.5. The molecule has 0 atom stereocenters. The SMILES string of the molecule is CC(C)(C)CNc1ccc(C#CC2CCN(CC(C)(C)F)CC2)c(Br)c1N. The van der Waals surface area contributed by atoms with E-state index in [2.05, 4.69) is 58.8 Å². The second kappa shape index (κ2) is 8.84. The van der Waals surface area contributed by atoms with Crippen LogP contribution in [0.2, 0.25) is 0 Å². The molecule has 3 nitrogen and oxygen atoms in total. The highest BCUT2D eigenvalue weighted by molar-refractivity contribution is 9.10. The van der Waals surface area contributed by atoms with Crippen LogP contribution in [0, 0.1) is 23.2 Å². The van der Waals surface area contributed by atoms with Gasteiger partial charge in [0, 0.05) is 24.6 Å². The number of piperidine rings is 1. The Bertz CT molecular complexity index is 699. The summed E-state index contributed by atoms with van der Waals surface area (Å²) >= 11 is 3.60. The van der Waals surface area contributed by atoms with Crippen molar-refractivity contribution in [3.8, 4) is 11.8 Å². The van der Waals surface area contributed by atoms with Crippen molar-refractivity contribution < 1.29 is 4.39 Å². The molecule has 5 heteroatoms. The number of nitrogens with two attached hydrogens (primary N) is 1. The van der Waals surface area contributed by atoms with E-state index in [1.807, 2.05) is 12.1 Å². The summed E-state index contributed by atoms with van der Waals surface area (Å²) in [7, 11) is 0. The van der Waals surface area contributed by atoms with E-state index in [-0.39, 0.29) is 5.41 Å². The first kappa shape index (κ1) is 22.0. The summed E-state index contributed by atoms with van der Waals surface area (Å²) in [6.07, 6.45) is 1.98. The minimum atomic E-state index is -1.14. The lowest BCUT2D eigenvalue weighted by atomic mass is 9.96. The molecule has 150 valence electrons. The Morgan fingerprint density at radius 3 is 2.41 bits per heavy atom. The molecule has 1 aliphatic heterocycles. The largest absolute Gasteiger partial charge is 0.396 e. The van der Waals surface area contributed by atoms with E-state index in [4.69, 9.17) is 5.73 Å². The number of alkyl halides is 1. The van der Waals surface area contributed by atoms with Gasteiger partial charge >= 0.3 is 0 Å². The van der Waals surface area contributed by atoms with Crippen molar-refractivity contribution in [1.82, 2.24) is 4.90 Å². The number of nitrogen functional groups attached to an aromatic ring is 1. The quantitative estimate of drug-likeness (QED) is 0.495. The maximum atomic E-state index is 13.8. The molecule has 1 fully saturated rings. The summed E-state index contributed by atoms with van der Waals surface area (Å²) in [5.74, 6) is 7.03. The molecular formula is C22H33BrFN3. The average molecular weight is 438 g/mol. The first-order valence-electron chi connectivity index (χ1n) is 9.69. The fraction of sp³-hybridized carbons (Fsp3) is 0.636. The van der Waals surface area contributed by atoms with Crippen LogP contribution in [0.1, 0.15) is 53.0 Å². The Labute approximate surface area is 172 Å². The van der Waals surface area contributed by atoms with Gasteiger partial charge in [-0.2, -0.15) is 0 Å². The molecule has 2 rings (SSSR count). The Balaban J connectivity index is 1.98. The molecule has 1 saturated heterocycles. The van der Waals surface area contributed by atoms with Crippen molar-refractivity contribution in [1.29, 1.82) is 0 Å². The summed E-state index contributed by atoms with van der Waals surface area (Å²) in [5, 5.41) is 3.41. The normalized spacial score (nSPS) is 16.7. The van der Waals surface area contributed by atoms with Crippen LogP contribution in [0.25, 0.3) is 0 Å². The molecule has 1 aromatic rings. The van der Waals surface area contributed by atoms with Gasteiger partial charge in [0.05, 0.1) is 15.8 Å². The van der Waals surface area contributed by atoms with E-state index in [0.717, 1.165) is 48.2 Å². The summed E-state index contributed by atoms with van der Waals surface area (Å²) in [6.45, 7) is 13.0. The number of hydrogen-bond donors (Lipinski definition) is 2. The molecule has 0 aliphatic carbocycles. The lowest BCUT2D eigenvalue weighted by Gasteiger charge is -2.32. The molecule has 0 aromatic heterocycles. The number of anilines is 2. The molecule has 1 heterocycles. The van der Waals surface area contributed by atoms with Gasteiger partial charge < -0.3 is 16.0 Å². The van der Waals surface area contributed by atoms with E-state index >= 15 is 0 Å². The third-order valence-corrected chi connectivity index (χ3v) is 5.44. The number of hydrogen-bond acceptors (Lipinski definition) is 3. The molecule has 0 amide bonds. The standard InChI is InChI=1S/C22H33BrFN3/c1-21(2,3)14-26-18-9-8-17(19(23)20(18)25)7-6-16-10-12-27(13-11-16)15-22(4,5)24/h8-9,16,26H,10-15,25H2,1-5H3. The Morgan fingerprint density at radius 2 is 1.85 bits per heavy atom. The number of benzene rings is 1. The molecule has 0 spiro atoms. The van der Waals surface area contributed by atoms with Gasteiger partial charge in [0.25, 0.3) is 0 Å². The minimum Gasteiger partial charge on any atom is -0.396 e. The second-order valence-electron chi connectivity index (χ2n) is 9.34. The third-order valence-electron chi connectivity index (χ3n) is 4.59. The van der Waals surface area contributed by atoms with E-state index in [0.29, 0.717) is 18.2 Å². The van der Waals surface area contributed by atoms with Crippen LogP contribution in [0.5, 0.6) is 0 Å². The Kier molecular flexibility index (Phi) is 7.21. The van der Waals surface area contributed by atoms with E-state index in [1.165, 1.54) is 0 Å². The van der Waals surface area contributed by atoms with E-state index in [9.17, 15) is 4.39 Å². The highest BCUT2D eigenvalue weighted by atomic mass is 79.9. The fourth-order valence-corrected chi connectivity index (χ4v) is 3.60.